The molecular weight excluding hydrogens is 275 g/mol. The molecular formula is C15H12OSe. The van der Waals surface area contributed by atoms with E-state index in [0.717, 1.165) is 10.2 Å². The van der Waals surface area contributed by atoms with E-state index in [1.165, 1.54) is 15.4 Å². The van der Waals surface area contributed by atoms with Crippen molar-refractivity contribution in [3.05, 3.63) is 60.2 Å². The summed E-state index contributed by atoms with van der Waals surface area (Å²) in [6, 6.07) is 18.8. The van der Waals surface area contributed by atoms with Crippen LogP contribution in [0.25, 0.3) is 11.0 Å². The molecule has 0 atom stereocenters. The second-order valence-corrected chi connectivity index (χ2v) is 6.17. The number of furan rings is 1. The van der Waals surface area contributed by atoms with E-state index in [-0.39, 0.29) is 15.0 Å². The molecule has 0 bridgehead atoms. The molecule has 0 saturated carbocycles. The molecule has 0 spiro atoms. The maximum atomic E-state index is 5.85. The van der Waals surface area contributed by atoms with Gasteiger partial charge in [0, 0.05) is 0 Å². The summed E-state index contributed by atoms with van der Waals surface area (Å²) in [4.78, 5) is 0. The molecule has 1 heterocycles. The number of aryl methyl sites for hydroxylation is 1. The zero-order chi connectivity index (χ0) is 11.7. The third-order valence-electron chi connectivity index (χ3n) is 2.71. The molecule has 3 rings (SSSR count). The van der Waals surface area contributed by atoms with Crippen LogP contribution in [0.5, 0.6) is 0 Å². The Kier molecular flexibility index (Phi) is 2.76. The van der Waals surface area contributed by atoms with Gasteiger partial charge in [0.25, 0.3) is 0 Å². The molecule has 0 aliphatic heterocycles. The van der Waals surface area contributed by atoms with Crippen LogP contribution in [0, 0.1) is 6.92 Å². The molecule has 0 radical (unpaired) electrons. The van der Waals surface area contributed by atoms with Gasteiger partial charge in [-0.15, -0.1) is 0 Å². The number of benzene rings is 2. The zero-order valence-electron chi connectivity index (χ0n) is 9.51. The van der Waals surface area contributed by atoms with Gasteiger partial charge < -0.3 is 0 Å². The normalized spacial score (nSPS) is 10.9. The number of rotatable bonds is 2. The van der Waals surface area contributed by atoms with Crippen LogP contribution in [0.15, 0.2) is 59.0 Å². The standard InChI is InChI=1S/C15H12OSe/c1-11-6-2-5-9-14(11)17-15-10-12-7-3-4-8-13(12)16-15/h2-10H,1H3. The first-order chi connectivity index (χ1) is 8.33. The summed E-state index contributed by atoms with van der Waals surface area (Å²) in [5.41, 5.74) is 2.32. The van der Waals surface area contributed by atoms with Crippen LogP contribution in [-0.2, 0) is 0 Å². The van der Waals surface area contributed by atoms with Crippen LogP contribution in [-0.4, -0.2) is 15.0 Å². The van der Waals surface area contributed by atoms with Gasteiger partial charge in [0.15, 0.2) is 0 Å². The Balaban J connectivity index is 1.98. The van der Waals surface area contributed by atoms with Crippen LogP contribution in [0.2, 0.25) is 0 Å². The first-order valence-electron chi connectivity index (χ1n) is 5.55. The minimum absolute atomic E-state index is 0.254. The number of para-hydroxylation sites is 1. The van der Waals surface area contributed by atoms with Gasteiger partial charge in [-0.25, -0.2) is 0 Å². The number of hydrogen-bond acceptors (Lipinski definition) is 1. The Hall–Kier alpha value is -1.50. The summed E-state index contributed by atoms with van der Waals surface area (Å²) in [5, 5.41) is 1.19. The number of fused-ring (bicyclic) bond motifs is 1. The fourth-order valence-corrected chi connectivity index (χ4v) is 3.70. The van der Waals surface area contributed by atoms with Crippen LogP contribution in [0.1, 0.15) is 5.56 Å². The first kappa shape index (κ1) is 10.6. The van der Waals surface area contributed by atoms with Gasteiger partial charge in [-0.05, 0) is 0 Å². The molecule has 0 unspecified atom stereocenters. The van der Waals surface area contributed by atoms with Crippen molar-refractivity contribution in [1.29, 1.82) is 0 Å². The van der Waals surface area contributed by atoms with Crippen molar-refractivity contribution >= 4 is 35.0 Å². The monoisotopic (exact) mass is 288 g/mol. The second-order valence-electron chi connectivity index (χ2n) is 3.97. The number of hydrogen-bond donors (Lipinski definition) is 0. The van der Waals surface area contributed by atoms with Crippen molar-refractivity contribution in [2.45, 2.75) is 6.92 Å². The van der Waals surface area contributed by atoms with Crippen molar-refractivity contribution < 1.29 is 4.42 Å². The van der Waals surface area contributed by atoms with Crippen molar-refractivity contribution in [3.8, 4) is 0 Å². The molecule has 1 aromatic heterocycles. The molecule has 0 fully saturated rings. The van der Waals surface area contributed by atoms with Crippen molar-refractivity contribution in [3.63, 3.8) is 0 Å². The SMILES string of the molecule is Cc1ccccc1[Se]c1cc2ccccc2o1. The van der Waals surface area contributed by atoms with E-state index in [9.17, 15) is 0 Å². The molecule has 2 heteroatoms. The summed E-state index contributed by atoms with van der Waals surface area (Å²) < 4.78 is 8.33. The predicted octanol–water partition coefficient (Wildman–Crippen LogP) is 2.40. The minimum atomic E-state index is 0.254. The molecule has 0 aliphatic carbocycles. The van der Waals surface area contributed by atoms with Gasteiger partial charge >= 0.3 is 107 Å². The maximum absolute atomic E-state index is 5.85. The van der Waals surface area contributed by atoms with Gasteiger partial charge in [-0.3, -0.25) is 0 Å². The molecule has 1 nitrogen and oxygen atoms in total. The van der Waals surface area contributed by atoms with Crippen LogP contribution >= 0.6 is 0 Å². The molecule has 2 aromatic carbocycles. The molecule has 0 saturated heterocycles. The van der Waals surface area contributed by atoms with Crippen LogP contribution < -0.4 is 9.12 Å². The predicted molar refractivity (Wildman–Crippen MR) is 72.4 cm³/mol. The van der Waals surface area contributed by atoms with E-state index in [4.69, 9.17) is 4.42 Å². The van der Waals surface area contributed by atoms with E-state index in [1.807, 2.05) is 18.2 Å². The first-order valence-corrected chi connectivity index (χ1v) is 7.26. The average Bonchev–Trinajstić information content (AvgIpc) is 2.74. The fraction of sp³-hybridized carbons (Fsp3) is 0.0667. The summed E-state index contributed by atoms with van der Waals surface area (Å²) in [6.07, 6.45) is 0. The van der Waals surface area contributed by atoms with E-state index in [1.54, 1.807) is 0 Å². The summed E-state index contributed by atoms with van der Waals surface area (Å²) in [6.45, 7) is 2.15. The Bertz CT molecular complexity index is 622. The molecule has 0 N–H and O–H groups in total. The Morgan fingerprint density at radius 2 is 1.71 bits per heavy atom. The second kappa shape index (κ2) is 4.40. The fourth-order valence-electron chi connectivity index (χ4n) is 1.79. The Morgan fingerprint density at radius 3 is 2.53 bits per heavy atom. The Morgan fingerprint density at radius 1 is 0.941 bits per heavy atom. The zero-order valence-corrected chi connectivity index (χ0v) is 11.2. The van der Waals surface area contributed by atoms with Crippen molar-refractivity contribution in [2.75, 3.05) is 0 Å². The third-order valence-corrected chi connectivity index (χ3v) is 4.97. The van der Waals surface area contributed by atoms with E-state index in [2.05, 4.69) is 43.3 Å². The summed E-state index contributed by atoms with van der Waals surface area (Å²) >= 11 is 0.254. The van der Waals surface area contributed by atoms with Gasteiger partial charge in [-0.2, -0.15) is 0 Å². The average molecular weight is 287 g/mol. The van der Waals surface area contributed by atoms with E-state index >= 15 is 0 Å². The van der Waals surface area contributed by atoms with Gasteiger partial charge in [-0.1, -0.05) is 0 Å². The molecule has 3 aromatic rings. The van der Waals surface area contributed by atoms with Crippen LogP contribution in [0.3, 0.4) is 0 Å². The topological polar surface area (TPSA) is 13.1 Å². The van der Waals surface area contributed by atoms with E-state index < -0.39 is 0 Å². The van der Waals surface area contributed by atoms with Gasteiger partial charge in [0.1, 0.15) is 0 Å². The summed E-state index contributed by atoms with van der Waals surface area (Å²) in [5.74, 6) is 0. The summed E-state index contributed by atoms with van der Waals surface area (Å²) in [7, 11) is 0. The third kappa shape index (κ3) is 2.14. The Labute approximate surface area is 107 Å². The van der Waals surface area contributed by atoms with Gasteiger partial charge in [0.05, 0.1) is 0 Å². The molecule has 17 heavy (non-hydrogen) atoms. The van der Waals surface area contributed by atoms with Crippen LogP contribution in [0.4, 0.5) is 0 Å². The quantitative estimate of drug-likeness (QED) is 0.660. The van der Waals surface area contributed by atoms with E-state index in [0.29, 0.717) is 0 Å². The molecule has 0 aliphatic rings. The van der Waals surface area contributed by atoms with Gasteiger partial charge in [0.2, 0.25) is 0 Å². The van der Waals surface area contributed by atoms with Crippen molar-refractivity contribution in [2.24, 2.45) is 0 Å². The molecule has 84 valence electrons. The molecule has 0 amide bonds. The van der Waals surface area contributed by atoms with Crippen molar-refractivity contribution in [1.82, 2.24) is 0 Å².